The number of nitriles is 1. The molecule has 1 aliphatic rings. The number of hydrogen-bond acceptors (Lipinski definition) is 2. The molecule has 0 heterocycles. The Hall–Kier alpha value is -1.04. The van der Waals surface area contributed by atoms with Crippen molar-refractivity contribution in [3.8, 4) is 6.07 Å². The molecule has 0 radical (unpaired) electrons. The quantitative estimate of drug-likeness (QED) is 0.795. The van der Waals surface area contributed by atoms with E-state index in [4.69, 9.17) is 5.26 Å². The van der Waals surface area contributed by atoms with E-state index < -0.39 is 5.41 Å². The Bertz CT molecular complexity index is 296. The van der Waals surface area contributed by atoms with Crippen molar-refractivity contribution < 1.29 is 4.79 Å². The summed E-state index contributed by atoms with van der Waals surface area (Å²) in [5.41, 5.74) is -0.616. The van der Waals surface area contributed by atoms with Crippen LogP contribution in [0.2, 0.25) is 0 Å². The van der Waals surface area contributed by atoms with E-state index in [0.29, 0.717) is 6.54 Å². The number of nitrogens with zero attached hydrogens (tertiary/aromatic N) is 1. The Morgan fingerprint density at radius 1 is 1.44 bits per heavy atom. The minimum atomic E-state index is -0.469. The molecule has 0 bridgehead atoms. The number of carbonyl (C=O) groups is 1. The van der Waals surface area contributed by atoms with Crippen molar-refractivity contribution in [2.75, 3.05) is 6.54 Å². The first kappa shape index (κ1) is 13.0. The van der Waals surface area contributed by atoms with Crippen LogP contribution in [0, 0.1) is 22.2 Å². The largest absolute Gasteiger partial charge is 0.354 e. The molecule has 1 saturated carbocycles. The standard InChI is InChI=1S/C13H22N2O/c1-4-13(7-5-6-8-13)11(16)15-10-12(2,3)9-14/h4-8,10H2,1-3H3,(H,15,16). The van der Waals surface area contributed by atoms with E-state index in [-0.39, 0.29) is 11.3 Å². The topological polar surface area (TPSA) is 52.9 Å². The van der Waals surface area contributed by atoms with Gasteiger partial charge in [-0.15, -0.1) is 0 Å². The van der Waals surface area contributed by atoms with Gasteiger partial charge in [0.15, 0.2) is 0 Å². The summed E-state index contributed by atoms with van der Waals surface area (Å²) < 4.78 is 0. The third kappa shape index (κ3) is 2.75. The maximum absolute atomic E-state index is 12.1. The van der Waals surface area contributed by atoms with E-state index >= 15 is 0 Å². The average Bonchev–Trinajstić information content (AvgIpc) is 2.76. The summed E-state index contributed by atoms with van der Waals surface area (Å²) in [5.74, 6) is 0.149. The van der Waals surface area contributed by atoms with Gasteiger partial charge in [-0.25, -0.2) is 0 Å². The molecule has 0 saturated heterocycles. The first-order valence-corrected chi connectivity index (χ1v) is 6.15. The fourth-order valence-electron chi connectivity index (χ4n) is 2.32. The molecule has 0 aromatic rings. The Kier molecular flexibility index (Phi) is 3.96. The number of amides is 1. The maximum atomic E-state index is 12.1. The van der Waals surface area contributed by atoms with Gasteiger partial charge in [-0.1, -0.05) is 19.8 Å². The zero-order valence-electron chi connectivity index (χ0n) is 10.6. The van der Waals surface area contributed by atoms with Gasteiger partial charge in [-0.05, 0) is 33.1 Å². The van der Waals surface area contributed by atoms with Gasteiger partial charge in [0.1, 0.15) is 0 Å². The van der Waals surface area contributed by atoms with E-state index in [1.165, 1.54) is 0 Å². The monoisotopic (exact) mass is 222 g/mol. The molecule has 3 heteroatoms. The van der Waals surface area contributed by atoms with Crippen molar-refractivity contribution in [2.45, 2.75) is 52.9 Å². The predicted molar refractivity (Wildman–Crippen MR) is 63.6 cm³/mol. The van der Waals surface area contributed by atoms with Gasteiger partial charge in [-0.3, -0.25) is 4.79 Å². The fourth-order valence-corrected chi connectivity index (χ4v) is 2.32. The van der Waals surface area contributed by atoms with Crippen molar-refractivity contribution in [3.05, 3.63) is 0 Å². The molecule has 0 aliphatic heterocycles. The molecule has 0 aromatic carbocycles. The third-order valence-corrected chi connectivity index (χ3v) is 3.71. The Morgan fingerprint density at radius 3 is 2.44 bits per heavy atom. The molecule has 16 heavy (non-hydrogen) atoms. The first-order chi connectivity index (χ1) is 7.46. The van der Waals surface area contributed by atoms with Crippen LogP contribution in [0.5, 0.6) is 0 Å². The average molecular weight is 222 g/mol. The molecule has 1 N–H and O–H groups in total. The zero-order valence-corrected chi connectivity index (χ0v) is 10.6. The van der Waals surface area contributed by atoms with Gasteiger partial charge in [-0.2, -0.15) is 5.26 Å². The van der Waals surface area contributed by atoms with Crippen molar-refractivity contribution in [1.29, 1.82) is 5.26 Å². The summed E-state index contributed by atoms with van der Waals surface area (Å²) in [6, 6.07) is 2.20. The molecule has 90 valence electrons. The smallest absolute Gasteiger partial charge is 0.226 e. The highest BCUT2D eigenvalue weighted by Gasteiger charge is 2.39. The summed E-state index contributed by atoms with van der Waals surface area (Å²) in [7, 11) is 0. The third-order valence-electron chi connectivity index (χ3n) is 3.71. The van der Waals surface area contributed by atoms with Crippen LogP contribution in [-0.2, 0) is 4.79 Å². The van der Waals surface area contributed by atoms with Crippen LogP contribution in [0.15, 0.2) is 0 Å². The van der Waals surface area contributed by atoms with Crippen molar-refractivity contribution in [2.24, 2.45) is 10.8 Å². The minimum Gasteiger partial charge on any atom is -0.354 e. The number of carbonyl (C=O) groups excluding carboxylic acids is 1. The molecule has 0 aromatic heterocycles. The SMILES string of the molecule is CCC1(C(=O)NCC(C)(C)C#N)CCCC1. The van der Waals surface area contributed by atoms with Gasteiger partial charge >= 0.3 is 0 Å². The van der Waals surface area contributed by atoms with E-state index in [0.717, 1.165) is 32.1 Å². The van der Waals surface area contributed by atoms with Crippen LogP contribution in [0.25, 0.3) is 0 Å². The van der Waals surface area contributed by atoms with Crippen LogP contribution < -0.4 is 5.32 Å². The Morgan fingerprint density at radius 2 is 2.00 bits per heavy atom. The van der Waals surface area contributed by atoms with E-state index in [9.17, 15) is 4.79 Å². The Labute approximate surface area is 98.2 Å². The lowest BCUT2D eigenvalue weighted by atomic mass is 9.82. The molecule has 1 aliphatic carbocycles. The summed E-state index contributed by atoms with van der Waals surface area (Å²) in [5, 5.41) is 11.8. The highest BCUT2D eigenvalue weighted by atomic mass is 16.2. The molecule has 0 unspecified atom stereocenters. The molecular weight excluding hydrogens is 200 g/mol. The maximum Gasteiger partial charge on any atom is 0.226 e. The normalized spacial score (nSPS) is 19.1. The van der Waals surface area contributed by atoms with Gasteiger partial charge in [0.2, 0.25) is 5.91 Å². The second-order valence-corrected chi connectivity index (χ2v) is 5.52. The van der Waals surface area contributed by atoms with E-state index in [2.05, 4.69) is 18.3 Å². The second kappa shape index (κ2) is 4.86. The minimum absolute atomic E-state index is 0.147. The van der Waals surface area contributed by atoms with Gasteiger partial charge < -0.3 is 5.32 Å². The molecular formula is C13H22N2O. The molecule has 0 spiro atoms. The van der Waals surface area contributed by atoms with Crippen LogP contribution in [-0.4, -0.2) is 12.5 Å². The molecule has 1 amide bonds. The Balaban J connectivity index is 2.55. The number of nitrogens with one attached hydrogen (secondary N) is 1. The fraction of sp³-hybridized carbons (Fsp3) is 0.846. The van der Waals surface area contributed by atoms with Crippen LogP contribution in [0.3, 0.4) is 0 Å². The summed E-state index contributed by atoms with van der Waals surface area (Å²) in [6.07, 6.45) is 5.22. The van der Waals surface area contributed by atoms with Crippen molar-refractivity contribution in [3.63, 3.8) is 0 Å². The lowest BCUT2D eigenvalue weighted by Crippen LogP contribution is -2.42. The van der Waals surface area contributed by atoms with Gasteiger partial charge in [0, 0.05) is 12.0 Å². The van der Waals surface area contributed by atoms with E-state index in [1.807, 2.05) is 13.8 Å². The molecule has 0 atom stereocenters. The van der Waals surface area contributed by atoms with Gasteiger partial charge in [0.25, 0.3) is 0 Å². The highest BCUT2D eigenvalue weighted by molar-refractivity contribution is 5.82. The summed E-state index contributed by atoms with van der Waals surface area (Å²) in [6.45, 7) is 6.23. The number of hydrogen-bond donors (Lipinski definition) is 1. The van der Waals surface area contributed by atoms with Gasteiger partial charge in [0.05, 0.1) is 11.5 Å². The highest BCUT2D eigenvalue weighted by Crippen LogP contribution is 2.41. The lowest BCUT2D eigenvalue weighted by molar-refractivity contribution is -0.131. The zero-order chi connectivity index (χ0) is 12.2. The molecule has 3 nitrogen and oxygen atoms in total. The molecule has 1 fully saturated rings. The van der Waals surface area contributed by atoms with Crippen LogP contribution in [0.4, 0.5) is 0 Å². The number of rotatable bonds is 4. The summed E-state index contributed by atoms with van der Waals surface area (Å²) in [4.78, 5) is 12.1. The predicted octanol–water partition coefficient (Wildman–Crippen LogP) is 2.62. The van der Waals surface area contributed by atoms with Crippen molar-refractivity contribution >= 4 is 5.91 Å². The lowest BCUT2D eigenvalue weighted by Gasteiger charge is -2.27. The molecule has 1 rings (SSSR count). The summed E-state index contributed by atoms with van der Waals surface area (Å²) >= 11 is 0. The van der Waals surface area contributed by atoms with Crippen LogP contribution >= 0.6 is 0 Å². The second-order valence-electron chi connectivity index (χ2n) is 5.52. The van der Waals surface area contributed by atoms with E-state index in [1.54, 1.807) is 0 Å². The van der Waals surface area contributed by atoms with Crippen molar-refractivity contribution in [1.82, 2.24) is 5.32 Å². The van der Waals surface area contributed by atoms with Crippen LogP contribution in [0.1, 0.15) is 52.9 Å². The first-order valence-electron chi connectivity index (χ1n) is 6.15.